The van der Waals surface area contributed by atoms with Gasteiger partial charge in [-0.15, -0.1) is 0 Å². The molecule has 0 aromatic carbocycles. The first-order chi connectivity index (χ1) is 14.9. The van der Waals surface area contributed by atoms with Crippen molar-refractivity contribution in [3.63, 3.8) is 0 Å². The summed E-state index contributed by atoms with van der Waals surface area (Å²) in [6.45, 7) is -0.493. The van der Waals surface area contributed by atoms with Gasteiger partial charge in [-0.1, -0.05) is 0 Å². The van der Waals surface area contributed by atoms with Crippen LogP contribution in [0.5, 0.6) is 0 Å². The Kier molecular flexibility index (Phi) is 5.43. The van der Waals surface area contributed by atoms with Crippen molar-refractivity contribution in [3.05, 3.63) is 52.8 Å². The van der Waals surface area contributed by atoms with E-state index in [1.807, 2.05) is 0 Å². The summed E-state index contributed by atoms with van der Waals surface area (Å²) in [4.78, 5) is 11.9. The molecule has 2 aromatic heterocycles. The van der Waals surface area contributed by atoms with E-state index in [4.69, 9.17) is 10.5 Å². The zero-order valence-electron chi connectivity index (χ0n) is 15.9. The number of rotatable bonds is 5. The molecular formula is C17H19N8O6-. The summed E-state index contributed by atoms with van der Waals surface area (Å²) < 4.78 is 6.98. The number of fused-ring (bicyclic) bond motifs is 1. The van der Waals surface area contributed by atoms with E-state index in [1.54, 1.807) is 12.2 Å². The van der Waals surface area contributed by atoms with Crippen molar-refractivity contribution in [2.75, 3.05) is 17.8 Å². The Balaban J connectivity index is 1.63. The van der Waals surface area contributed by atoms with Gasteiger partial charge >= 0.3 is 0 Å². The molecule has 0 saturated carbocycles. The first kappa shape index (κ1) is 20.5. The van der Waals surface area contributed by atoms with Crippen molar-refractivity contribution in [1.82, 2.24) is 24.9 Å². The maximum Gasteiger partial charge on any atom is 0.226 e. The number of hydrogen-bond donors (Lipinski definition) is 6. The van der Waals surface area contributed by atoms with Crippen LogP contribution in [0, 0.1) is 10.4 Å². The van der Waals surface area contributed by atoms with Crippen LogP contribution in [0.25, 0.3) is 11.2 Å². The molecule has 0 radical (unpaired) electrons. The van der Waals surface area contributed by atoms with E-state index in [-0.39, 0.29) is 28.6 Å². The quantitative estimate of drug-likeness (QED) is 0.233. The van der Waals surface area contributed by atoms with Gasteiger partial charge in [0.25, 0.3) is 0 Å². The lowest BCUT2D eigenvalue weighted by molar-refractivity contribution is -0.377. The predicted octanol–water partition coefficient (Wildman–Crippen LogP) is -1.60. The Morgan fingerprint density at radius 3 is 2.58 bits per heavy atom. The van der Waals surface area contributed by atoms with Crippen LogP contribution in [0.3, 0.4) is 0 Å². The third-order valence-electron chi connectivity index (χ3n) is 4.80. The topological polar surface area (TPSA) is 213 Å². The normalized spacial score (nSPS) is 25.3. The smallest absolute Gasteiger partial charge is 0.226 e. The van der Waals surface area contributed by atoms with E-state index in [2.05, 4.69) is 25.8 Å². The molecule has 0 amide bonds. The van der Waals surface area contributed by atoms with Crippen molar-refractivity contribution in [2.45, 2.75) is 24.5 Å². The van der Waals surface area contributed by atoms with E-state index in [9.17, 15) is 25.7 Å². The lowest BCUT2D eigenvalue weighted by atomic mass is 10.1. The largest absolute Gasteiger partial charge is 0.612 e. The molecule has 1 saturated heterocycles. The van der Waals surface area contributed by atoms with Gasteiger partial charge in [-0.3, -0.25) is 9.99 Å². The lowest BCUT2D eigenvalue weighted by Gasteiger charge is -2.19. The second-order valence-corrected chi connectivity index (χ2v) is 6.73. The minimum absolute atomic E-state index is 0.0367. The van der Waals surface area contributed by atoms with Crippen molar-refractivity contribution < 1.29 is 25.0 Å². The third-order valence-corrected chi connectivity index (χ3v) is 4.80. The summed E-state index contributed by atoms with van der Waals surface area (Å²) in [7, 11) is 0. The molecule has 2 aliphatic rings. The Bertz CT molecular complexity index is 1090. The molecule has 1 fully saturated rings. The number of aliphatic hydroxyl groups excluding tert-OH is 3. The van der Waals surface area contributed by atoms with Gasteiger partial charge in [0.05, 0.1) is 6.61 Å². The highest BCUT2D eigenvalue weighted by Gasteiger charge is 2.45. The fraction of sp³-hybridized carbons (Fsp3) is 0.294. The Labute approximate surface area is 174 Å². The molecule has 2 aromatic rings. The van der Waals surface area contributed by atoms with Gasteiger partial charge in [0.2, 0.25) is 11.7 Å². The SMILES string of the molecule is Nc1ncnc2c1nc(NNC=C1C=CC(=[N+]([O-])[O-])C=C1)n2[C@@H]1O[C@@H](CO)[C@@H](O)[C@@H]1O. The minimum atomic E-state index is -1.37. The zero-order chi connectivity index (χ0) is 22.1. The first-order valence-electron chi connectivity index (χ1n) is 9.10. The standard InChI is InChI=1S/C17H19N8O6/c18-14-11-15(20-7-19-14)24(16-13(28)12(27)10(6-26)31-16)17(22-11)23-21-5-8-1-3-9(4-2-8)25(29)30/h1-5,7,10,12-13,16,21,26-28H,6H2,(H3-,18,19,20,22,23,29,30)/q-1/t10-,12+,13-,16+/m0/s1. The number of ether oxygens (including phenoxy) is 1. The summed E-state index contributed by atoms with van der Waals surface area (Å²) in [5.41, 5.74) is 12.6. The number of anilines is 2. The Morgan fingerprint density at radius 2 is 1.94 bits per heavy atom. The Hall–Kier alpha value is -3.72. The molecule has 31 heavy (non-hydrogen) atoms. The summed E-state index contributed by atoms with van der Waals surface area (Å²) >= 11 is 0. The second kappa shape index (κ2) is 8.19. The van der Waals surface area contributed by atoms with Crippen molar-refractivity contribution in [2.24, 2.45) is 0 Å². The van der Waals surface area contributed by atoms with Crippen LogP contribution in [-0.2, 0) is 4.74 Å². The van der Waals surface area contributed by atoms with Crippen molar-refractivity contribution >= 4 is 28.6 Å². The fourth-order valence-electron chi connectivity index (χ4n) is 3.22. The molecule has 14 heteroatoms. The molecule has 0 bridgehead atoms. The maximum absolute atomic E-state index is 10.8. The number of hydrogen-bond acceptors (Lipinski definition) is 12. The van der Waals surface area contributed by atoms with Gasteiger partial charge in [0, 0.05) is 18.4 Å². The van der Waals surface area contributed by atoms with E-state index in [0.717, 1.165) is 0 Å². The van der Waals surface area contributed by atoms with Gasteiger partial charge < -0.3 is 41.6 Å². The average molecular weight is 431 g/mol. The van der Waals surface area contributed by atoms with E-state index < -0.39 is 36.0 Å². The monoisotopic (exact) mass is 431 g/mol. The molecule has 4 atom stereocenters. The van der Waals surface area contributed by atoms with E-state index >= 15 is 0 Å². The summed E-state index contributed by atoms with van der Waals surface area (Å²) in [5.74, 6) is 0.230. The third kappa shape index (κ3) is 3.75. The highest BCUT2D eigenvalue weighted by molar-refractivity contribution is 6.02. The lowest BCUT2D eigenvalue weighted by Crippen LogP contribution is -2.33. The molecule has 7 N–H and O–H groups in total. The number of nitrogen functional groups attached to an aromatic ring is 1. The average Bonchev–Trinajstić information content (AvgIpc) is 3.26. The van der Waals surface area contributed by atoms with Crippen LogP contribution in [0.15, 0.2) is 42.4 Å². The Morgan fingerprint density at radius 1 is 1.19 bits per heavy atom. The second-order valence-electron chi connectivity index (χ2n) is 6.73. The van der Waals surface area contributed by atoms with Gasteiger partial charge in [-0.25, -0.2) is 15.0 Å². The number of nitrogens with two attached hydrogens (primary N) is 1. The fourth-order valence-corrected chi connectivity index (χ4v) is 3.22. The molecule has 14 nitrogen and oxygen atoms in total. The van der Waals surface area contributed by atoms with Gasteiger partial charge in [-0.05, 0) is 17.7 Å². The number of aliphatic hydroxyl groups is 3. The molecule has 1 aliphatic carbocycles. The zero-order valence-corrected chi connectivity index (χ0v) is 15.9. The van der Waals surface area contributed by atoms with E-state index in [1.165, 1.54) is 29.2 Å². The maximum atomic E-state index is 10.8. The van der Waals surface area contributed by atoms with Crippen LogP contribution in [0.1, 0.15) is 6.23 Å². The highest BCUT2D eigenvalue weighted by atomic mass is 16.8. The van der Waals surface area contributed by atoms with Gasteiger partial charge in [0.15, 0.2) is 23.2 Å². The minimum Gasteiger partial charge on any atom is -0.612 e. The van der Waals surface area contributed by atoms with Crippen LogP contribution >= 0.6 is 0 Å². The summed E-state index contributed by atoms with van der Waals surface area (Å²) in [5, 5.41) is 51.4. The molecule has 1 aliphatic heterocycles. The number of imidazole rings is 1. The number of allylic oxidation sites excluding steroid dienone is 5. The van der Waals surface area contributed by atoms with Crippen LogP contribution < -0.4 is 16.6 Å². The van der Waals surface area contributed by atoms with Crippen LogP contribution in [0.4, 0.5) is 11.8 Å². The number of aromatic nitrogens is 4. The van der Waals surface area contributed by atoms with Gasteiger partial charge in [-0.2, -0.15) is 4.90 Å². The number of nitrogens with one attached hydrogen (secondary N) is 2. The molecular weight excluding hydrogens is 412 g/mol. The van der Waals surface area contributed by atoms with Crippen LogP contribution in [0.2, 0.25) is 0 Å². The molecule has 164 valence electrons. The van der Waals surface area contributed by atoms with E-state index in [0.29, 0.717) is 5.57 Å². The molecule has 4 rings (SSSR count). The van der Waals surface area contributed by atoms with Crippen molar-refractivity contribution in [3.8, 4) is 0 Å². The summed E-state index contributed by atoms with van der Waals surface area (Å²) in [6, 6.07) is 0. The molecule has 0 spiro atoms. The van der Waals surface area contributed by atoms with Crippen molar-refractivity contribution in [1.29, 1.82) is 0 Å². The first-order valence-corrected chi connectivity index (χ1v) is 9.10. The van der Waals surface area contributed by atoms with Crippen LogP contribution in [-0.4, -0.2) is 70.4 Å². The predicted molar refractivity (Wildman–Crippen MR) is 108 cm³/mol. The number of nitrogens with zero attached hydrogens (tertiary/aromatic N) is 5. The summed E-state index contributed by atoms with van der Waals surface area (Å²) in [6.07, 6.45) is 3.76. The molecule has 3 heterocycles. The number of hydrazine groups is 1. The van der Waals surface area contributed by atoms with Gasteiger partial charge in [0.1, 0.15) is 24.6 Å². The highest BCUT2D eigenvalue weighted by Crippen LogP contribution is 2.34. The molecule has 0 unspecified atom stereocenters.